The third kappa shape index (κ3) is 3.49. The molecule has 148 valence electrons. The Balaban J connectivity index is 1.82. The summed E-state index contributed by atoms with van der Waals surface area (Å²) in [5, 5.41) is 5.09. The molecular formula is C21H19ClN4O3. The normalized spacial score (nSPS) is 12.4. The number of hydrogen-bond donors (Lipinski definition) is 0. The first-order valence-electron chi connectivity index (χ1n) is 9.32. The number of fused-ring (bicyclic) bond motifs is 1. The highest BCUT2D eigenvalue weighted by molar-refractivity contribution is 6.30. The van der Waals surface area contributed by atoms with Crippen LogP contribution >= 0.6 is 11.6 Å². The van der Waals surface area contributed by atoms with Gasteiger partial charge in [-0.3, -0.25) is 13.9 Å². The molecule has 0 bridgehead atoms. The standard InChI is InChI=1S/C21H19ClN4O3/c1-3-13(2)26-20(27)16-6-4-5-7-17(16)25(21(26)28)12-18-23-19(24-29-18)14-8-10-15(22)11-9-14/h4-11,13H,3,12H2,1-2H3/t13-/m0/s1. The molecule has 2 aromatic carbocycles. The van der Waals surface area contributed by atoms with Crippen LogP contribution in [0.2, 0.25) is 5.02 Å². The van der Waals surface area contributed by atoms with Gasteiger partial charge in [-0.15, -0.1) is 0 Å². The van der Waals surface area contributed by atoms with E-state index in [0.717, 1.165) is 5.56 Å². The van der Waals surface area contributed by atoms with E-state index in [2.05, 4.69) is 10.1 Å². The van der Waals surface area contributed by atoms with Crippen LogP contribution in [0, 0.1) is 0 Å². The Morgan fingerprint density at radius 2 is 1.83 bits per heavy atom. The van der Waals surface area contributed by atoms with Crippen molar-refractivity contribution in [1.29, 1.82) is 0 Å². The highest BCUT2D eigenvalue weighted by Gasteiger charge is 2.18. The quantitative estimate of drug-likeness (QED) is 0.498. The van der Waals surface area contributed by atoms with E-state index in [9.17, 15) is 9.59 Å². The Morgan fingerprint density at radius 3 is 2.55 bits per heavy atom. The maximum Gasteiger partial charge on any atom is 0.332 e. The van der Waals surface area contributed by atoms with Crippen LogP contribution in [-0.2, 0) is 6.54 Å². The second-order valence-electron chi connectivity index (χ2n) is 6.84. The number of aromatic nitrogens is 4. The van der Waals surface area contributed by atoms with E-state index >= 15 is 0 Å². The molecule has 2 aromatic heterocycles. The Morgan fingerprint density at radius 1 is 1.10 bits per heavy atom. The largest absolute Gasteiger partial charge is 0.337 e. The van der Waals surface area contributed by atoms with Crippen LogP contribution in [0.15, 0.2) is 62.6 Å². The van der Waals surface area contributed by atoms with Crippen molar-refractivity contribution < 1.29 is 4.52 Å². The van der Waals surface area contributed by atoms with Gasteiger partial charge in [0.15, 0.2) is 0 Å². The van der Waals surface area contributed by atoms with Crippen molar-refractivity contribution in [2.45, 2.75) is 32.9 Å². The molecule has 0 spiro atoms. The molecule has 0 N–H and O–H groups in total. The van der Waals surface area contributed by atoms with Crippen molar-refractivity contribution >= 4 is 22.5 Å². The molecular weight excluding hydrogens is 392 g/mol. The van der Waals surface area contributed by atoms with Crippen LogP contribution in [0.1, 0.15) is 32.2 Å². The zero-order valence-corrected chi connectivity index (χ0v) is 16.8. The molecule has 2 heterocycles. The van der Waals surface area contributed by atoms with Gasteiger partial charge >= 0.3 is 5.69 Å². The van der Waals surface area contributed by atoms with Crippen LogP contribution in [-0.4, -0.2) is 19.3 Å². The van der Waals surface area contributed by atoms with E-state index in [-0.39, 0.29) is 24.0 Å². The lowest BCUT2D eigenvalue weighted by Crippen LogP contribution is -2.41. The van der Waals surface area contributed by atoms with E-state index in [4.69, 9.17) is 16.1 Å². The minimum Gasteiger partial charge on any atom is -0.337 e. The molecule has 7 nitrogen and oxygen atoms in total. The van der Waals surface area contributed by atoms with Crippen molar-refractivity contribution in [3.05, 3.63) is 80.3 Å². The first-order chi connectivity index (χ1) is 14.0. The highest BCUT2D eigenvalue weighted by atomic mass is 35.5. The molecule has 29 heavy (non-hydrogen) atoms. The molecule has 0 radical (unpaired) electrons. The lowest BCUT2D eigenvalue weighted by atomic mass is 10.2. The summed E-state index contributed by atoms with van der Waals surface area (Å²) in [6.07, 6.45) is 0.661. The molecule has 0 aliphatic carbocycles. The van der Waals surface area contributed by atoms with Gasteiger partial charge in [0, 0.05) is 16.6 Å². The lowest BCUT2D eigenvalue weighted by molar-refractivity contribution is 0.367. The van der Waals surface area contributed by atoms with E-state index in [1.807, 2.05) is 13.8 Å². The Hall–Kier alpha value is -3.19. The van der Waals surface area contributed by atoms with E-state index in [1.165, 1.54) is 9.13 Å². The fourth-order valence-electron chi connectivity index (χ4n) is 3.23. The van der Waals surface area contributed by atoms with Crippen LogP contribution in [0.3, 0.4) is 0 Å². The van der Waals surface area contributed by atoms with E-state index < -0.39 is 5.69 Å². The maximum absolute atomic E-state index is 13.1. The molecule has 0 amide bonds. The van der Waals surface area contributed by atoms with Crippen molar-refractivity contribution in [2.75, 3.05) is 0 Å². The fraction of sp³-hybridized carbons (Fsp3) is 0.238. The summed E-state index contributed by atoms with van der Waals surface area (Å²) < 4.78 is 8.17. The maximum atomic E-state index is 13.1. The minimum atomic E-state index is -0.394. The predicted octanol–water partition coefficient (Wildman–Crippen LogP) is 3.89. The van der Waals surface area contributed by atoms with Gasteiger partial charge in [-0.2, -0.15) is 4.98 Å². The van der Waals surface area contributed by atoms with Gasteiger partial charge in [0.05, 0.1) is 10.9 Å². The first-order valence-corrected chi connectivity index (χ1v) is 9.70. The summed E-state index contributed by atoms with van der Waals surface area (Å²) in [6, 6.07) is 13.9. The monoisotopic (exact) mass is 410 g/mol. The van der Waals surface area contributed by atoms with Gasteiger partial charge in [0.2, 0.25) is 11.7 Å². The average molecular weight is 411 g/mol. The third-order valence-corrected chi connectivity index (χ3v) is 5.23. The van der Waals surface area contributed by atoms with Crippen molar-refractivity contribution in [1.82, 2.24) is 19.3 Å². The van der Waals surface area contributed by atoms with Gasteiger partial charge in [-0.05, 0) is 49.7 Å². The number of halogens is 1. The fourth-order valence-corrected chi connectivity index (χ4v) is 3.36. The lowest BCUT2D eigenvalue weighted by Gasteiger charge is -2.16. The molecule has 4 aromatic rings. The minimum absolute atomic E-state index is 0.0661. The summed E-state index contributed by atoms with van der Waals surface area (Å²) in [5.74, 6) is 0.681. The number of para-hydroxylation sites is 1. The van der Waals surface area contributed by atoms with Crippen LogP contribution in [0.5, 0.6) is 0 Å². The summed E-state index contributed by atoms with van der Waals surface area (Å²) >= 11 is 5.92. The average Bonchev–Trinajstić information content (AvgIpc) is 3.20. The molecule has 0 unspecified atom stereocenters. The number of nitrogens with zero attached hydrogens (tertiary/aromatic N) is 4. The smallest absolute Gasteiger partial charge is 0.332 e. The highest BCUT2D eigenvalue weighted by Crippen LogP contribution is 2.19. The second kappa shape index (κ2) is 7.67. The Bertz CT molecular complexity index is 1290. The van der Waals surface area contributed by atoms with Gasteiger partial charge in [0.1, 0.15) is 6.54 Å². The summed E-state index contributed by atoms with van der Waals surface area (Å²) in [6.45, 7) is 3.86. The van der Waals surface area contributed by atoms with Gasteiger partial charge in [0.25, 0.3) is 5.56 Å². The first kappa shape index (κ1) is 19.1. The van der Waals surface area contributed by atoms with Crippen LogP contribution in [0.25, 0.3) is 22.3 Å². The summed E-state index contributed by atoms with van der Waals surface area (Å²) in [4.78, 5) is 30.4. The summed E-state index contributed by atoms with van der Waals surface area (Å²) in [7, 11) is 0. The van der Waals surface area contributed by atoms with E-state index in [1.54, 1.807) is 48.5 Å². The molecule has 4 rings (SSSR count). The summed E-state index contributed by atoms with van der Waals surface area (Å²) in [5.41, 5.74) is 0.609. The van der Waals surface area contributed by atoms with Gasteiger partial charge in [-0.25, -0.2) is 4.79 Å². The Labute approximate surface area is 171 Å². The SMILES string of the molecule is CC[C@H](C)n1c(=O)c2ccccc2n(Cc2nc(-c3ccc(Cl)cc3)no2)c1=O. The van der Waals surface area contributed by atoms with Crippen molar-refractivity contribution in [3.63, 3.8) is 0 Å². The molecule has 1 atom stereocenters. The predicted molar refractivity (Wildman–Crippen MR) is 111 cm³/mol. The zero-order valence-electron chi connectivity index (χ0n) is 16.0. The number of rotatable bonds is 5. The molecule has 0 fully saturated rings. The van der Waals surface area contributed by atoms with E-state index in [0.29, 0.717) is 28.2 Å². The molecule has 0 aliphatic heterocycles. The molecule has 0 saturated heterocycles. The zero-order chi connectivity index (χ0) is 20.5. The molecule has 0 aliphatic rings. The topological polar surface area (TPSA) is 82.9 Å². The molecule has 8 heteroatoms. The van der Waals surface area contributed by atoms with Crippen molar-refractivity contribution in [2.24, 2.45) is 0 Å². The van der Waals surface area contributed by atoms with Crippen LogP contribution < -0.4 is 11.2 Å². The van der Waals surface area contributed by atoms with Gasteiger partial charge in [-0.1, -0.05) is 35.8 Å². The Kier molecular flexibility index (Phi) is 5.07. The number of hydrogen-bond acceptors (Lipinski definition) is 5. The van der Waals surface area contributed by atoms with Gasteiger partial charge < -0.3 is 4.52 Å². The second-order valence-corrected chi connectivity index (χ2v) is 7.27. The molecule has 0 saturated carbocycles. The van der Waals surface area contributed by atoms with Crippen molar-refractivity contribution in [3.8, 4) is 11.4 Å². The van der Waals surface area contributed by atoms with Crippen LogP contribution in [0.4, 0.5) is 0 Å². The third-order valence-electron chi connectivity index (χ3n) is 4.98. The number of benzene rings is 2.